The van der Waals surface area contributed by atoms with E-state index in [4.69, 9.17) is 10.5 Å². The van der Waals surface area contributed by atoms with Gasteiger partial charge in [-0.15, -0.1) is 0 Å². The Hall–Kier alpha value is -2.08. The summed E-state index contributed by atoms with van der Waals surface area (Å²) in [4.78, 5) is 28.9. The van der Waals surface area contributed by atoms with Crippen molar-refractivity contribution >= 4 is 12.0 Å². The topological polar surface area (TPSA) is 75.9 Å². The quantitative estimate of drug-likeness (QED) is 0.832. The van der Waals surface area contributed by atoms with E-state index in [1.165, 1.54) is 0 Å². The maximum absolute atomic E-state index is 12.7. The zero-order chi connectivity index (χ0) is 19.4. The number of amides is 2. The smallest absolute Gasteiger partial charge is 0.410 e. The molecule has 2 N–H and O–H groups in total. The lowest BCUT2D eigenvalue weighted by Crippen LogP contribution is -2.53. The average Bonchev–Trinajstić information content (AvgIpc) is 3.51. The third kappa shape index (κ3) is 5.01. The van der Waals surface area contributed by atoms with Crippen LogP contribution in [-0.2, 0) is 16.1 Å². The van der Waals surface area contributed by atoms with Crippen molar-refractivity contribution in [2.75, 3.05) is 13.1 Å². The van der Waals surface area contributed by atoms with E-state index in [0.29, 0.717) is 25.7 Å². The fourth-order valence-electron chi connectivity index (χ4n) is 3.60. The second-order valence-electron chi connectivity index (χ2n) is 8.00. The van der Waals surface area contributed by atoms with Crippen molar-refractivity contribution in [1.29, 1.82) is 0 Å². The van der Waals surface area contributed by atoms with Crippen LogP contribution in [0.3, 0.4) is 0 Å². The minimum absolute atomic E-state index is 0.0214. The highest BCUT2D eigenvalue weighted by Gasteiger charge is 2.40. The van der Waals surface area contributed by atoms with Gasteiger partial charge in [-0.05, 0) is 37.2 Å². The normalized spacial score (nSPS) is 19.0. The summed E-state index contributed by atoms with van der Waals surface area (Å²) in [6.45, 7) is 5.53. The van der Waals surface area contributed by atoms with Gasteiger partial charge in [0, 0.05) is 25.2 Å². The predicted molar refractivity (Wildman–Crippen MR) is 104 cm³/mol. The Morgan fingerprint density at radius 1 is 1.11 bits per heavy atom. The minimum Gasteiger partial charge on any atom is -0.445 e. The highest BCUT2D eigenvalue weighted by Crippen LogP contribution is 2.32. The zero-order valence-electron chi connectivity index (χ0n) is 16.3. The lowest BCUT2D eigenvalue weighted by atomic mass is 9.99. The Labute approximate surface area is 161 Å². The zero-order valence-corrected chi connectivity index (χ0v) is 16.3. The van der Waals surface area contributed by atoms with Crippen LogP contribution in [0.25, 0.3) is 0 Å². The van der Waals surface area contributed by atoms with E-state index in [-0.39, 0.29) is 24.0 Å². The molecule has 1 heterocycles. The summed E-state index contributed by atoms with van der Waals surface area (Å²) in [7, 11) is 0. The average molecular weight is 373 g/mol. The second kappa shape index (κ2) is 8.74. The largest absolute Gasteiger partial charge is 0.445 e. The van der Waals surface area contributed by atoms with Gasteiger partial charge in [-0.25, -0.2) is 4.79 Å². The predicted octanol–water partition coefficient (Wildman–Crippen LogP) is 2.76. The maximum Gasteiger partial charge on any atom is 0.410 e. The fraction of sp³-hybridized carbons (Fsp3) is 0.619. The van der Waals surface area contributed by atoms with Crippen LogP contribution < -0.4 is 5.73 Å². The van der Waals surface area contributed by atoms with Gasteiger partial charge in [0.15, 0.2) is 0 Å². The summed E-state index contributed by atoms with van der Waals surface area (Å²) in [5.74, 6) is 0.152. The molecule has 1 aromatic carbocycles. The molecule has 2 aliphatic rings. The molecule has 1 aliphatic carbocycles. The van der Waals surface area contributed by atoms with Gasteiger partial charge in [-0.2, -0.15) is 0 Å². The maximum atomic E-state index is 12.7. The van der Waals surface area contributed by atoms with E-state index >= 15 is 0 Å². The number of nitrogens with zero attached hydrogens (tertiary/aromatic N) is 2. The number of hydrogen-bond acceptors (Lipinski definition) is 4. The Kier molecular flexibility index (Phi) is 6.37. The fourth-order valence-corrected chi connectivity index (χ4v) is 3.60. The SMILES string of the molecule is CC(C)C(N)C(=O)N1CCC(N(C(=O)OCc2ccccc2)C2CC2)CC1. The third-order valence-corrected chi connectivity index (χ3v) is 5.53. The molecule has 1 unspecified atom stereocenters. The van der Waals surface area contributed by atoms with Crippen molar-refractivity contribution in [2.24, 2.45) is 11.7 Å². The van der Waals surface area contributed by atoms with E-state index in [0.717, 1.165) is 31.2 Å². The van der Waals surface area contributed by atoms with Gasteiger partial charge >= 0.3 is 6.09 Å². The molecule has 2 amide bonds. The van der Waals surface area contributed by atoms with E-state index < -0.39 is 6.04 Å². The summed E-state index contributed by atoms with van der Waals surface area (Å²) in [5, 5.41) is 0. The number of likely N-dealkylation sites (tertiary alicyclic amines) is 1. The number of benzene rings is 1. The number of hydrogen-bond donors (Lipinski definition) is 1. The number of rotatable bonds is 6. The van der Waals surface area contributed by atoms with Crippen LogP contribution in [0.4, 0.5) is 4.79 Å². The van der Waals surface area contributed by atoms with Gasteiger partial charge in [0.05, 0.1) is 6.04 Å². The van der Waals surface area contributed by atoms with Crippen LogP contribution in [0, 0.1) is 5.92 Å². The van der Waals surface area contributed by atoms with Crippen molar-refractivity contribution in [3.8, 4) is 0 Å². The second-order valence-corrected chi connectivity index (χ2v) is 8.00. The van der Waals surface area contributed by atoms with E-state index in [9.17, 15) is 9.59 Å². The van der Waals surface area contributed by atoms with Crippen LogP contribution in [0.1, 0.15) is 45.1 Å². The molecule has 1 saturated heterocycles. The molecule has 3 rings (SSSR count). The molecule has 27 heavy (non-hydrogen) atoms. The van der Waals surface area contributed by atoms with Crippen LogP contribution in [0.15, 0.2) is 30.3 Å². The lowest BCUT2D eigenvalue weighted by molar-refractivity contribution is -0.135. The van der Waals surface area contributed by atoms with Gasteiger partial charge in [-0.1, -0.05) is 44.2 Å². The van der Waals surface area contributed by atoms with E-state index in [1.807, 2.05) is 54.0 Å². The van der Waals surface area contributed by atoms with Crippen molar-refractivity contribution < 1.29 is 14.3 Å². The van der Waals surface area contributed by atoms with Gasteiger partial charge in [0.1, 0.15) is 6.61 Å². The van der Waals surface area contributed by atoms with Gasteiger partial charge in [0.2, 0.25) is 5.91 Å². The molecule has 6 heteroatoms. The standard InChI is InChI=1S/C21H31N3O3/c1-15(2)19(22)20(25)23-12-10-18(11-13-23)24(17-8-9-17)21(26)27-14-16-6-4-3-5-7-16/h3-7,15,17-19H,8-14,22H2,1-2H3. The number of piperidine rings is 1. The molecule has 1 atom stereocenters. The highest BCUT2D eigenvalue weighted by molar-refractivity contribution is 5.82. The monoisotopic (exact) mass is 373 g/mol. The molecule has 6 nitrogen and oxygen atoms in total. The molecule has 0 bridgehead atoms. The molecule has 1 aromatic rings. The van der Waals surface area contributed by atoms with Crippen LogP contribution in [0.5, 0.6) is 0 Å². The molecule has 0 spiro atoms. The molecule has 2 fully saturated rings. The van der Waals surface area contributed by atoms with Crippen molar-refractivity contribution in [3.05, 3.63) is 35.9 Å². The summed E-state index contributed by atoms with van der Waals surface area (Å²) in [5.41, 5.74) is 7.00. The first-order valence-electron chi connectivity index (χ1n) is 10.0. The molecule has 1 saturated carbocycles. The Morgan fingerprint density at radius 2 is 1.70 bits per heavy atom. The summed E-state index contributed by atoms with van der Waals surface area (Å²) < 4.78 is 5.58. The molecule has 148 valence electrons. The number of ether oxygens (including phenoxy) is 1. The first-order valence-corrected chi connectivity index (χ1v) is 10.0. The Morgan fingerprint density at radius 3 is 2.26 bits per heavy atom. The lowest BCUT2D eigenvalue weighted by Gasteiger charge is -2.39. The first kappa shape index (κ1) is 19.7. The Bertz CT molecular complexity index is 637. The van der Waals surface area contributed by atoms with Crippen molar-refractivity contribution in [2.45, 2.75) is 64.3 Å². The van der Waals surface area contributed by atoms with Gasteiger partial charge in [0.25, 0.3) is 0 Å². The summed E-state index contributed by atoms with van der Waals surface area (Å²) in [6, 6.07) is 9.72. The number of nitrogens with two attached hydrogens (primary N) is 1. The van der Waals surface area contributed by atoms with Crippen molar-refractivity contribution in [3.63, 3.8) is 0 Å². The number of carbonyl (C=O) groups excluding carboxylic acids is 2. The minimum atomic E-state index is -0.447. The van der Waals surface area contributed by atoms with Crippen molar-refractivity contribution in [1.82, 2.24) is 9.80 Å². The molecular weight excluding hydrogens is 342 g/mol. The number of carbonyl (C=O) groups is 2. The van der Waals surface area contributed by atoms with Gasteiger partial charge < -0.3 is 20.3 Å². The first-order chi connectivity index (χ1) is 13.0. The molecule has 0 aromatic heterocycles. The summed E-state index contributed by atoms with van der Waals surface area (Å²) >= 11 is 0. The molecule has 1 aliphatic heterocycles. The highest BCUT2D eigenvalue weighted by atomic mass is 16.6. The van der Waals surface area contributed by atoms with Gasteiger partial charge in [-0.3, -0.25) is 4.79 Å². The third-order valence-electron chi connectivity index (χ3n) is 5.53. The van der Waals surface area contributed by atoms with E-state index in [1.54, 1.807) is 0 Å². The molecular formula is C21H31N3O3. The van der Waals surface area contributed by atoms with E-state index in [2.05, 4.69) is 0 Å². The van der Waals surface area contributed by atoms with Crippen LogP contribution in [0.2, 0.25) is 0 Å². The van der Waals surface area contributed by atoms with Crippen LogP contribution >= 0.6 is 0 Å². The Balaban J connectivity index is 1.54. The summed E-state index contributed by atoms with van der Waals surface area (Å²) in [6.07, 6.45) is 3.42. The van der Waals surface area contributed by atoms with Crippen LogP contribution in [-0.4, -0.2) is 53.0 Å². The molecule has 0 radical (unpaired) electrons.